The summed E-state index contributed by atoms with van der Waals surface area (Å²) in [7, 11) is 1.63. The van der Waals surface area contributed by atoms with E-state index in [1.807, 2.05) is 42.5 Å². The molecule has 158 valence electrons. The van der Waals surface area contributed by atoms with Crippen LogP contribution < -0.4 is 15.0 Å². The molecule has 2 aliphatic heterocycles. The molecule has 2 aromatic carbocycles. The number of hydrogen-bond acceptors (Lipinski definition) is 4. The Labute approximate surface area is 182 Å². The summed E-state index contributed by atoms with van der Waals surface area (Å²) in [6.07, 6.45) is 8.64. The minimum atomic E-state index is -0.163. The van der Waals surface area contributed by atoms with Gasteiger partial charge in [0.15, 0.2) is 0 Å². The van der Waals surface area contributed by atoms with Crippen molar-refractivity contribution in [2.75, 3.05) is 23.9 Å². The number of carbonyl (C=O) groups excluding carboxylic acids is 1. The molecule has 0 spiro atoms. The molecule has 0 unspecified atom stereocenters. The fourth-order valence-corrected chi connectivity index (χ4v) is 4.77. The van der Waals surface area contributed by atoms with Gasteiger partial charge in [0.1, 0.15) is 11.6 Å². The SMILES string of the molecule is COc1ccc(C=CC(=O)Nc2ccc3nc(N4CC5CCC4CC5)ccc3c2)cc1. The van der Waals surface area contributed by atoms with Crippen LogP contribution in [0.3, 0.4) is 0 Å². The Morgan fingerprint density at radius 2 is 1.87 bits per heavy atom. The molecular weight excluding hydrogens is 386 g/mol. The zero-order valence-electron chi connectivity index (χ0n) is 17.8. The minimum absolute atomic E-state index is 0.163. The molecule has 1 aromatic heterocycles. The van der Waals surface area contributed by atoms with Gasteiger partial charge >= 0.3 is 0 Å². The molecule has 31 heavy (non-hydrogen) atoms. The van der Waals surface area contributed by atoms with Crippen LogP contribution in [0.2, 0.25) is 0 Å². The average molecular weight is 414 g/mol. The molecule has 1 aliphatic carbocycles. The number of nitrogens with zero attached hydrogens (tertiary/aromatic N) is 2. The average Bonchev–Trinajstić information content (AvgIpc) is 2.83. The van der Waals surface area contributed by atoms with E-state index in [2.05, 4.69) is 22.3 Å². The Hall–Kier alpha value is -3.34. The van der Waals surface area contributed by atoms with E-state index < -0.39 is 0 Å². The summed E-state index contributed by atoms with van der Waals surface area (Å²) in [5, 5.41) is 3.97. The molecule has 6 rings (SSSR count). The molecule has 5 heteroatoms. The third-order valence-electron chi connectivity index (χ3n) is 6.49. The van der Waals surface area contributed by atoms with E-state index >= 15 is 0 Å². The Morgan fingerprint density at radius 1 is 1.06 bits per heavy atom. The molecule has 3 heterocycles. The van der Waals surface area contributed by atoms with Crippen molar-refractivity contribution < 1.29 is 9.53 Å². The molecule has 5 nitrogen and oxygen atoms in total. The van der Waals surface area contributed by atoms with Gasteiger partial charge in [0.2, 0.25) is 5.91 Å². The van der Waals surface area contributed by atoms with E-state index in [-0.39, 0.29) is 5.91 Å². The van der Waals surface area contributed by atoms with Gasteiger partial charge in [0, 0.05) is 29.7 Å². The number of amides is 1. The van der Waals surface area contributed by atoms with E-state index in [0.717, 1.165) is 46.2 Å². The van der Waals surface area contributed by atoms with Crippen LogP contribution in [-0.4, -0.2) is 30.6 Å². The van der Waals surface area contributed by atoms with Gasteiger partial charge in [-0.25, -0.2) is 4.98 Å². The number of fused-ring (bicyclic) bond motifs is 4. The molecule has 0 radical (unpaired) electrons. The van der Waals surface area contributed by atoms with E-state index in [9.17, 15) is 4.79 Å². The summed E-state index contributed by atoms with van der Waals surface area (Å²) < 4.78 is 5.15. The first-order chi connectivity index (χ1) is 15.2. The second-order valence-electron chi connectivity index (χ2n) is 8.50. The third kappa shape index (κ3) is 4.26. The fourth-order valence-electron chi connectivity index (χ4n) is 4.77. The number of nitrogens with one attached hydrogen (secondary N) is 1. The second-order valence-corrected chi connectivity index (χ2v) is 8.50. The summed E-state index contributed by atoms with van der Waals surface area (Å²) in [5.74, 6) is 2.54. The molecule has 1 N–H and O–H groups in total. The van der Waals surface area contributed by atoms with Crippen molar-refractivity contribution in [2.45, 2.75) is 31.7 Å². The van der Waals surface area contributed by atoms with Gasteiger partial charge in [-0.15, -0.1) is 0 Å². The normalized spacial score (nSPS) is 20.4. The second kappa shape index (κ2) is 8.42. The number of hydrogen-bond donors (Lipinski definition) is 1. The van der Waals surface area contributed by atoms with Crippen molar-refractivity contribution in [1.82, 2.24) is 4.98 Å². The first-order valence-corrected chi connectivity index (χ1v) is 11.0. The van der Waals surface area contributed by atoms with Crippen LogP contribution in [0.4, 0.5) is 11.5 Å². The largest absolute Gasteiger partial charge is 0.497 e. The Kier molecular flexibility index (Phi) is 5.33. The number of ether oxygens (including phenoxy) is 1. The summed E-state index contributed by atoms with van der Waals surface area (Å²) in [4.78, 5) is 19.7. The number of pyridine rings is 1. The molecule has 3 fully saturated rings. The Balaban J connectivity index is 1.27. The van der Waals surface area contributed by atoms with E-state index in [0.29, 0.717) is 6.04 Å². The van der Waals surface area contributed by atoms with Crippen LogP contribution in [0.25, 0.3) is 17.0 Å². The van der Waals surface area contributed by atoms with Crippen molar-refractivity contribution in [3.63, 3.8) is 0 Å². The number of piperidine rings is 2. The molecule has 2 bridgehead atoms. The van der Waals surface area contributed by atoms with Gasteiger partial charge in [-0.1, -0.05) is 12.1 Å². The summed E-state index contributed by atoms with van der Waals surface area (Å²) >= 11 is 0. The highest BCUT2D eigenvalue weighted by atomic mass is 16.5. The summed E-state index contributed by atoms with van der Waals surface area (Å²) in [6.45, 7) is 1.14. The van der Waals surface area contributed by atoms with Crippen molar-refractivity contribution in [3.8, 4) is 5.75 Å². The molecule has 0 atom stereocenters. The van der Waals surface area contributed by atoms with E-state index in [4.69, 9.17) is 9.72 Å². The number of anilines is 2. The highest BCUT2D eigenvalue weighted by Crippen LogP contribution is 2.37. The van der Waals surface area contributed by atoms with Crippen LogP contribution in [0.5, 0.6) is 5.75 Å². The van der Waals surface area contributed by atoms with E-state index in [1.165, 1.54) is 25.7 Å². The molecule has 3 aliphatic rings. The Morgan fingerprint density at radius 3 is 2.58 bits per heavy atom. The zero-order chi connectivity index (χ0) is 21.2. The minimum Gasteiger partial charge on any atom is -0.497 e. The summed E-state index contributed by atoms with van der Waals surface area (Å²) in [6, 6.07) is 18.3. The number of aromatic nitrogens is 1. The fraction of sp³-hybridized carbons (Fsp3) is 0.308. The highest BCUT2D eigenvalue weighted by molar-refractivity contribution is 6.03. The van der Waals surface area contributed by atoms with Crippen LogP contribution in [-0.2, 0) is 4.79 Å². The number of benzene rings is 2. The van der Waals surface area contributed by atoms with Gasteiger partial charge in [-0.2, -0.15) is 0 Å². The first kappa shape index (κ1) is 19.6. The predicted octanol–water partition coefficient (Wildman–Crippen LogP) is 5.27. The number of rotatable bonds is 5. The Bertz CT molecular complexity index is 1120. The monoisotopic (exact) mass is 413 g/mol. The lowest BCUT2D eigenvalue weighted by Gasteiger charge is -2.46. The van der Waals surface area contributed by atoms with Crippen molar-refractivity contribution in [2.24, 2.45) is 5.92 Å². The molecular formula is C26H27N3O2. The quantitative estimate of drug-likeness (QED) is 0.579. The van der Waals surface area contributed by atoms with Crippen LogP contribution in [0.1, 0.15) is 31.2 Å². The van der Waals surface area contributed by atoms with Crippen molar-refractivity contribution in [1.29, 1.82) is 0 Å². The summed E-state index contributed by atoms with van der Waals surface area (Å²) in [5.41, 5.74) is 2.67. The van der Waals surface area contributed by atoms with Crippen LogP contribution in [0, 0.1) is 5.92 Å². The van der Waals surface area contributed by atoms with Crippen molar-refractivity contribution >= 4 is 34.4 Å². The van der Waals surface area contributed by atoms with Gasteiger partial charge in [0.25, 0.3) is 0 Å². The lowest BCUT2D eigenvalue weighted by atomic mass is 9.80. The maximum absolute atomic E-state index is 12.3. The number of carbonyl (C=O) groups is 1. The maximum atomic E-state index is 12.3. The van der Waals surface area contributed by atoms with E-state index in [1.54, 1.807) is 19.3 Å². The van der Waals surface area contributed by atoms with Crippen LogP contribution >= 0.6 is 0 Å². The topological polar surface area (TPSA) is 54.5 Å². The lowest BCUT2D eigenvalue weighted by Crippen LogP contribution is -2.48. The molecule has 2 saturated heterocycles. The smallest absolute Gasteiger partial charge is 0.248 e. The lowest BCUT2D eigenvalue weighted by molar-refractivity contribution is -0.111. The first-order valence-electron chi connectivity index (χ1n) is 11.0. The predicted molar refractivity (Wildman–Crippen MR) is 125 cm³/mol. The van der Waals surface area contributed by atoms with Crippen LogP contribution in [0.15, 0.2) is 60.7 Å². The van der Waals surface area contributed by atoms with Crippen molar-refractivity contribution in [3.05, 3.63) is 66.2 Å². The van der Waals surface area contributed by atoms with Gasteiger partial charge in [-0.3, -0.25) is 4.79 Å². The number of methoxy groups -OCH3 is 1. The standard InChI is InChI=1S/C26H27N3O2/c1-31-23-11-4-18(5-12-23)6-15-26(30)27-21-8-13-24-20(16-21)7-14-25(28-24)29-17-19-2-9-22(29)10-3-19/h4-8,11-16,19,22H,2-3,9-10,17H2,1H3,(H,27,30). The highest BCUT2D eigenvalue weighted by Gasteiger charge is 2.34. The van der Waals surface area contributed by atoms with Gasteiger partial charge in [0.05, 0.1) is 12.6 Å². The third-order valence-corrected chi connectivity index (χ3v) is 6.49. The molecule has 1 saturated carbocycles. The van der Waals surface area contributed by atoms with Gasteiger partial charge in [-0.05, 0) is 85.7 Å². The zero-order valence-corrected chi connectivity index (χ0v) is 17.8. The maximum Gasteiger partial charge on any atom is 0.248 e. The molecule has 3 aromatic rings. The molecule has 1 amide bonds. The van der Waals surface area contributed by atoms with Gasteiger partial charge < -0.3 is 15.0 Å².